The van der Waals surface area contributed by atoms with Gasteiger partial charge >= 0.3 is 0 Å². The monoisotopic (exact) mass is 388 g/mol. The lowest BCUT2D eigenvalue weighted by Crippen LogP contribution is -2.28. The Bertz CT molecular complexity index is 868. The molecular weight excluding hydrogens is 372 g/mol. The summed E-state index contributed by atoms with van der Waals surface area (Å²) in [5, 5.41) is 9.88. The minimum absolute atomic E-state index is 0.0816. The lowest BCUT2D eigenvalue weighted by Gasteiger charge is -2.14. The Labute approximate surface area is 160 Å². The van der Waals surface area contributed by atoms with E-state index >= 15 is 0 Å². The quantitative estimate of drug-likeness (QED) is 0.791. The van der Waals surface area contributed by atoms with Crippen molar-refractivity contribution in [3.63, 3.8) is 0 Å². The van der Waals surface area contributed by atoms with E-state index < -0.39 is 0 Å². The second-order valence-electron chi connectivity index (χ2n) is 5.35. The molecule has 7 heteroatoms. The molecule has 5 nitrogen and oxygen atoms in total. The summed E-state index contributed by atoms with van der Waals surface area (Å²) in [5.41, 5.74) is 1.56. The van der Waals surface area contributed by atoms with Crippen molar-refractivity contribution in [2.75, 3.05) is 25.2 Å². The van der Waals surface area contributed by atoms with Gasteiger partial charge in [0.2, 0.25) is 0 Å². The number of amidine groups is 1. The molecule has 0 bridgehead atoms. The molecule has 1 N–H and O–H groups in total. The minimum Gasteiger partial charge on any atom is -0.490 e. The third-order valence-corrected chi connectivity index (χ3v) is 4.97. The van der Waals surface area contributed by atoms with Gasteiger partial charge in [-0.05, 0) is 47.7 Å². The second-order valence-corrected chi connectivity index (χ2v) is 6.77. The first-order valence-electron chi connectivity index (χ1n) is 7.93. The molecule has 0 atom stereocenters. The molecule has 2 aromatic carbocycles. The van der Waals surface area contributed by atoms with Crippen LogP contribution in [0.1, 0.15) is 5.56 Å². The number of carbonyl (C=O) groups is 1. The molecule has 1 saturated heterocycles. The SMILES string of the molecule is CN=C1SC(=Cc2ccc(OCCO)c(Cl)c2)C(=O)N1c1ccccc1. The Kier molecular flexibility index (Phi) is 5.98. The van der Waals surface area contributed by atoms with Crippen molar-refractivity contribution in [3.8, 4) is 5.75 Å². The number of nitrogens with zero attached hydrogens (tertiary/aromatic N) is 2. The van der Waals surface area contributed by atoms with Crippen LogP contribution in [0.5, 0.6) is 5.75 Å². The van der Waals surface area contributed by atoms with Gasteiger partial charge in [0.15, 0.2) is 5.17 Å². The second kappa shape index (κ2) is 8.40. The average Bonchev–Trinajstić information content (AvgIpc) is 2.97. The van der Waals surface area contributed by atoms with Gasteiger partial charge in [-0.1, -0.05) is 35.9 Å². The summed E-state index contributed by atoms with van der Waals surface area (Å²) in [6, 6.07) is 14.7. The fourth-order valence-corrected chi connectivity index (χ4v) is 3.64. The van der Waals surface area contributed by atoms with Crippen molar-refractivity contribution in [2.45, 2.75) is 0 Å². The highest BCUT2D eigenvalue weighted by molar-refractivity contribution is 8.19. The van der Waals surface area contributed by atoms with E-state index in [0.717, 1.165) is 11.3 Å². The molecule has 1 fully saturated rings. The van der Waals surface area contributed by atoms with Crippen molar-refractivity contribution in [2.24, 2.45) is 4.99 Å². The first-order valence-corrected chi connectivity index (χ1v) is 9.12. The number of amides is 1. The number of hydrogen-bond acceptors (Lipinski definition) is 5. The Morgan fingerprint density at radius 3 is 2.69 bits per heavy atom. The molecule has 1 aliphatic heterocycles. The van der Waals surface area contributed by atoms with Gasteiger partial charge < -0.3 is 9.84 Å². The predicted octanol–water partition coefficient (Wildman–Crippen LogP) is 3.82. The number of anilines is 1. The van der Waals surface area contributed by atoms with Gasteiger partial charge in [0.25, 0.3) is 5.91 Å². The summed E-state index contributed by atoms with van der Waals surface area (Å²) in [7, 11) is 1.67. The predicted molar refractivity (Wildman–Crippen MR) is 107 cm³/mol. The van der Waals surface area contributed by atoms with Gasteiger partial charge in [0.1, 0.15) is 12.4 Å². The van der Waals surface area contributed by atoms with Crippen molar-refractivity contribution in [1.29, 1.82) is 0 Å². The highest BCUT2D eigenvalue weighted by Gasteiger charge is 2.34. The fourth-order valence-electron chi connectivity index (χ4n) is 2.46. The number of aliphatic hydroxyl groups is 1. The molecule has 134 valence electrons. The van der Waals surface area contributed by atoms with Gasteiger partial charge in [-0.3, -0.25) is 14.7 Å². The van der Waals surface area contributed by atoms with Crippen molar-refractivity contribution in [1.82, 2.24) is 0 Å². The largest absolute Gasteiger partial charge is 0.490 e. The summed E-state index contributed by atoms with van der Waals surface area (Å²) in [4.78, 5) is 19.2. The fraction of sp³-hybridized carbons (Fsp3) is 0.158. The third-order valence-electron chi connectivity index (χ3n) is 3.61. The Balaban J connectivity index is 1.88. The smallest absolute Gasteiger partial charge is 0.271 e. The maximum atomic E-state index is 12.8. The zero-order valence-corrected chi connectivity index (χ0v) is 15.6. The van der Waals surface area contributed by atoms with E-state index in [4.69, 9.17) is 21.4 Å². The highest BCUT2D eigenvalue weighted by Crippen LogP contribution is 2.36. The average molecular weight is 389 g/mol. The standard InChI is InChI=1S/C19H17ClN2O3S/c1-21-19-22(14-5-3-2-4-6-14)18(24)17(26-19)12-13-7-8-16(15(20)11-13)25-10-9-23/h2-8,11-12,23H,9-10H2,1H3. The number of para-hydroxylation sites is 1. The molecule has 0 saturated carbocycles. The van der Waals surface area contributed by atoms with E-state index in [0.29, 0.717) is 20.8 Å². The summed E-state index contributed by atoms with van der Waals surface area (Å²) in [6.45, 7) is 0.0958. The number of carbonyl (C=O) groups excluding carboxylic acids is 1. The van der Waals surface area contributed by atoms with Crippen molar-refractivity contribution in [3.05, 3.63) is 64.0 Å². The first-order chi connectivity index (χ1) is 12.6. The van der Waals surface area contributed by atoms with Crippen LogP contribution in [0.15, 0.2) is 58.4 Å². The third kappa shape index (κ3) is 3.93. The number of thioether (sulfide) groups is 1. The maximum absolute atomic E-state index is 12.8. The lowest BCUT2D eigenvalue weighted by atomic mass is 10.2. The van der Waals surface area contributed by atoms with Crippen LogP contribution in [0.2, 0.25) is 5.02 Å². The lowest BCUT2D eigenvalue weighted by molar-refractivity contribution is -0.113. The van der Waals surface area contributed by atoms with Crippen LogP contribution >= 0.6 is 23.4 Å². The molecular formula is C19H17ClN2O3S. The van der Waals surface area contributed by atoms with Gasteiger partial charge in [-0.25, -0.2) is 0 Å². The summed E-state index contributed by atoms with van der Waals surface area (Å²) in [6.07, 6.45) is 1.78. The van der Waals surface area contributed by atoms with Crippen molar-refractivity contribution >= 4 is 46.2 Å². The van der Waals surface area contributed by atoms with Crippen LogP contribution in [0.25, 0.3) is 6.08 Å². The minimum atomic E-state index is -0.126. The van der Waals surface area contributed by atoms with Gasteiger partial charge in [0, 0.05) is 7.05 Å². The van der Waals surface area contributed by atoms with E-state index in [2.05, 4.69) is 4.99 Å². The van der Waals surface area contributed by atoms with E-state index in [9.17, 15) is 4.79 Å². The number of halogens is 1. The van der Waals surface area contributed by atoms with Gasteiger partial charge in [0.05, 0.1) is 22.2 Å². The van der Waals surface area contributed by atoms with Crippen LogP contribution < -0.4 is 9.64 Å². The normalized spacial score (nSPS) is 17.3. The number of aliphatic hydroxyl groups excluding tert-OH is 1. The maximum Gasteiger partial charge on any atom is 0.271 e. The molecule has 2 aromatic rings. The Hall–Kier alpha value is -2.28. The zero-order chi connectivity index (χ0) is 18.5. The number of ether oxygens (including phenoxy) is 1. The molecule has 26 heavy (non-hydrogen) atoms. The van der Waals surface area contributed by atoms with E-state index in [1.165, 1.54) is 11.8 Å². The van der Waals surface area contributed by atoms with Crippen LogP contribution in [0.3, 0.4) is 0 Å². The van der Waals surface area contributed by atoms with Gasteiger partial charge in [-0.15, -0.1) is 0 Å². The molecule has 0 spiro atoms. The van der Waals surface area contributed by atoms with E-state index in [1.807, 2.05) is 36.4 Å². The molecule has 1 amide bonds. The van der Waals surface area contributed by atoms with Crippen LogP contribution in [-0.4, -0.2) is 36.4 Å². The Morgan fingerprint density at radius 2 is 2.04 bits per heavy atom. The molecule has 0 aliphatic carbocycles. The van der Waals surface area contributed by atoms with Gasteiger partial charge in [-0.2, -0.15) is 0 Å². The zero-order valence-electron chi connectivity index (χ0n) is 14.1. The number of benzene rings is 2. The van der Waals surface area contributed by atoms with Crippen LogP contribution in [0.4, 0.5) is 5.69 Å². The van der Waals surface area contributed by atoms with E-state index in [-0.39, 0.29) is 19.1 Å². The summed E-state index contributed by atoms with van der Waals surface area (Å²) < 4.78 is 5.34. The summed E-state index contributed by atoms with van der Waals surface area (Å²) in [5.74, 6) is 0.369. The van der Waals surface area contributed by atoms with Crippen LogP contribution in [0, 0.1) is 0 Å². The topological polar surface area (TPSA) is 62.1 Å². The van der Waals surface area contributed by atoms with Crippen LogP contribution in [-0.2, 0) is 4.79 Å². The molecule has 0 unspecified atom stereocenters. The van der Waals surface area contributed by atoms with Crippen molar-refractivity contribution < 1.29 is 14.6 Å². The number of hydrogen-bond donors (Lipinski definition) is 1. The number of rotatable bonds is 5. The highest BCUT2D eigenvalue weighted by atomic mass is 35.5. The molecule has 3 rings (SSSR count). The molecule has 0 radical (unpaired) electrons. The summed E-state index contributed by atoms with van der Waals surface area (Å²) >= 11 is 7.53. The molecule has 0 aromatic heterocycles. The Morgan fingerprint density at radius 1 is 1.27 bits per heavy atom. The molecule has 1 aliphatic rings. The van der Waals surface area contributed by atoms with E-state index in [1.54, 1.807) is 30.2 Å². The number of aliphatic imine (C=N–C) groups is 1. The first kappa shape index (κ1) is 18.5. The molecule has 1 heterocycles.